The summed E-state index contributed by atoms with van der Waals surface area (Å²) in [6.45, 7) is 2.01. The maximum atomic E-state index is 5.95. The van der Waals surface area contributed by atoms with Gasteiger partial charge in [-0.25, -0.2) is 0 Å². The number of benzene rings is 1. The lowest BCUT2D eigenvalue weighted by Gasteiger charge is -2.03. The monoisotopic (exact) mass is 180 g/mol. The molecule has 64 valence electrons. The summed E-state index contributed by atoms with van der Waals surface area (Å²) < 4.78 is 0. The highest BCUT2D eigenvalue weighted by atomic mass is 35.5. The van der Waals surface area contributed by atoms with Crippen LogP contribution >= 0.6 is 11.6 Å². The van der Waals surface area contributed by atoms with Crippen LogP contribution in [-0.4, -0.2) is 0 Å². The van der Waals surface area contributed by atoms with Crippen molar-refractivity contribution in [2.24, 2.45) is 0 Å². The molecular formula is C11H13Cl. The zero-order valence-corrected chi connectivity index (χ0v) is 8.01. The molecule has 0 aromatic heterocycles. The summed E-state index contributed by atoms with van der Waals surface area (Å²) in [5, 5.41) is 0.137. The van der Waals surface area contributed by atoms with Crippen LogP contribution in [0.1, 0.15) is 42.2 Å². The van der Waals surface area contributed by atoms with Gasteiger partial charge in [0.05, 0.1) is 5.38 Å². The Morgan fingerprint density at radius 2 is 1.83 bits per heavy atom. The third-order valence-corrected chi connectivity index (χ3v) is 2.70. The smallest absolute Gasteiger partial charge is 0.0557 e. The largest absolute Gasteiger partial charge is 0.118 e. The Labute approximate surface area is 78.6 Å². The van der Waals surface area contributed by atoms with Gasteiger partial charge in [-0.15, -0.1) is 11.6 Å². The van der Waals surface area contributed by atoms with E-state index in [1.165, 1.54) is 24.0 Å². The van der Waals surface area contributed by atoms with Crippen LogP contribution in [0.4, 0.5) is 0 Å². The average Bonchev–Trinajstić information content (AvgIpc) is 2.87. The van der Waals surface area contributed by atoms with Gasteiger partial charge in [-0.1, -0.05) is 24.3 Å². The van der Waals surface area contributed by atoms with Gasteiger partial charge in [-0.3, -0.25) is 0 Å². The molecule has 0 nitrogen and oxygen atoms in total. The van der Waals surface area contributed by atoms with Gasteiger partial charge < -0.3 is 0 Å². The van der Waals surface area contributed by atoms with Crippen LogP contribution < -0.4 is 0 Å². The molecule has 1 aliphatic rings. The van der Waals surface area contributed by atoms with Crippen molar-refractivity contribution in [1.82, 2.24) is 0 Å². The van der Waals surface area contributed by atoms with Crippen LogP contribution in [0, 0.1) is 0 Å². The third-order valence-electron chi connectivity index (χ3n) is 2.44. The van der Waals surface area contributed by atoms with Gasteiger partial charge >= 0.3 is 0 Å². The van der Waals surface area contributed by atoms with Gasteiger partial charge in [0.25, 0.3) is 0 Å². The lowest BCUT2D eigenvalue weighted by atomic mass is 10.1. The van der Waals surface area contributed by atoms with Crippen molar-refractivity contribution in [3.8, 4) is 0 Å². The van der Waals surface area contributed by atoms with E-state index in [9.17, 15) is 0 Å². The van der Waals surface area contributed by atoms with Crippen LogP contribution in [0.25, 0.3) is 0 Å². The van der Waals surface area contributed by atoms with Crippen molar-refractivity contribution >= 4 is 11.6 Å². The van der Waals surface area contributed by atoms with Crippen LogP contribution in [-0.2, 0) is 0 Å². The molecule has 1 aliphatic carbocycles. The van der Waals surface area contributed by atoms with E-state index >= 15 is 0 Å². The van der Waals surface area contributed by atoms with Crippen LogP contribution in [0.2, 0.25) is 0 Å². The average molecular weight is 181 g/mol. The van der Waals surface area contributed by atoms with Crippen molar-refractivity contribution in [3.63, 3.8) is 0 Å². The molecule has 0 N–H and O–H groups in total. The molecule has 1 aromatic carbocycles. The molecule has 0 saturated heterocycles. The molecule has 0 spiro atoms. The minimum atomic E-state index is 0.137. The lowest BCUT2D eigenvalue weighted by molar-refractivity contribution is 1.06. The number of hydrogen-bond donors (Lipinski definition) is 0. The highest BCUT2D eigenvalue weighted by Gasteiger charge is 2.22. The molecular weight excluding hydrogens is 168 g/mol. The van der Waals surface area contributed by atoms with Gasteiger partial charge in [0.1, 0.15) is 0 Å². The van der Waals surface area contributed by atoms with E-state index in [4.69, 9.17) is 11.6 Å². The highest BCUT2D eigenvalue weighted by molar-refractivity contribution is 6.20. The SMILES string of the molecule is CC(Cl)c1ccc(C2CC2)cc1. The first-order chi connectivity index (χ1) is 5.77. The Kier molecular flexibility index (Phi) is 2.10. The van der Waals surface area contributed by atoms with Crippen molar-refractivity contribution < 1.29 is 0 Å². The van der Waals surface area contributed by atoms with Gasteiger partial charge in [0, 0.05) is 0 Å². The van der Waals surface area contributed by atoms with E-state index < -0.39 is 0 Å². The molecule has 0 amide bonds. The standard InChI is InChI=1S/C11H13Cl/c1-8(12)9-2-4-10(5-3-9)11-6-7-11/h2-5,8,11H,6-7H2,1H3. The third kappa shape index (κ3) is 1.64. The summed E-state index contributed by atoms with van der Waals surface area (Å²) in [4.78, 5) is 0. The van der Waals surface area contributed by atoms with Gasteiger partial charge in [-0.05, 0) is 36.8 Å². The predicted molar refractivity (Wildman–Crippen MR) is 52.7 cm³/mol. The molecule has 1 unspecified atom stereocenters. The lowest BCUT2D eigenvalue weighted by Crippen LogP contribution is -1.85. The van der Waals surface area contributed by atoms with E-state index in [-0.39, 0.29) is 5.38 Å². The summed E-state index contributed by atoms with van der Waals surface area (Å²) >= 11 is 5.95. The van der Waals surface area contributed by atoms with Crippen molar-refractivity contribution in [2.45, 2.75) is 31.1 Å². The Morgan fingerprint density at radius 3 is 2.25 bits per heavy atom. The van der Waals surface area contributed by atoms with E-state index in [1.807, 2.05) is 6.92 Å². The number of hydrogen-bond acceptors (Lipinski definition) is 0. The van der Waals surface area contributed by atoms with Crippen molar-refractivity contribution in [3.05, 3.63) is 35.4 Å². The Morgan fingerprint density at radius 1 is 1.25 bits per heavy atom. The molecule has 2 rings (SSSR count). The fourth-order valence-corrected chi connectivity index (χ4v) is 1.60. The second kappa shape index (κ2) is 3.10. The number of alkyl halides is 1. The fourth-order valence-electron chi connectivity index (χ4n) is 1.45. The number of halogens is 1. The van der Waals surface area contributed by atoms with E-state index in [0.29, 0.717) is 0 Å². The molecule has 0 heterocycles. The maximum Gasteiger partial charge on any atom is 0.0557 e. The molecule has 1 saturated carbocycles. The van der Waals surface area contributed by atoms with Gasteiger partial charge in [0.2, 0.25) is 0 Å². The zero-order valence-electron chi connectivity index (χ0n) is 7.26. The summed E-state index contributed by atoms with van der Waals surface area (Å²) in [6.07, 6.45) is 2.74. The maximum absolute atomic E-state index is 5.95. The van der Waals surface area contributed by atoms with E-state index in [2.05, 4.69) is 24.3 Å². The number of rotatable bonds is 2. The van der Waals surface area contributed by atoms with Crippen molar-refractivity contribution in [1.29, 1.82) is 0 Å². The van der Waals surface area contributed by atoms with Gasteiger partial charge in [-0.2, -0.15) is 0 Å². The minimum Gasteiger partial charge on any atom is -0.118 e. The van der Waals surface area contributed by atoms with Gasteiger partial charge in [0.15, 0.2) is 0 Å². The second-order valence-electron chi connectivity index (χ2n) is 3.56. The predicted octanol–water partition coefficient (Wildman–Crippen LogP) is 3.86. The molecule has 0 bridgehead atoms. The summed E-state index contributed by atoms with van der Waals surface area (Å²) in [5.41, 5.74) is 2.71. The Bertz CT molecular complexity index is 236. The first kappa shape index (κ1) is 8.12. The second-order valence-corrected chi connectivity index (χ2v) is 4.21. The molecule has 1 heteroatoms. The normalized spacial score (nSPS) is 19.2. The fraction of sp³-hybridized carbons (Fsp3) is 0.455. The summed E-state index contributed by atoms with van der Waals surface area (Å²) in [6, 6.07) is 8.72. The Balaban J connectivity index is 2.18. The zero-order chi connectivity index (χ0) is 8.55. The van der Waals surface area contributed by atoms with Crippen LogP contribution in [0.3, 0.4) is 0 Å². The molecule has 1 aromatic rings. The molecule has 0 aliphatic heterocycles. The van der Waals surface area contributed by atoms with Crippen LogP contribution in [0.5, 0.6) is 0 Å². The summed E-state index contributed by atoms with van der Waals surface area (Å²) in [7, 11) is 0. The molecule has 1 atom stereocenters. The minimum absolute atomic E-state index is 0.137. The topological polar surface area (TPSA) is 0 Å². The summed E-state index contributed by atoms with van der Waals surface area (Å²) in [5.74, 6) is 0.852. The highest BCUT2D eigenvalue weighted by Crippen LogP contribution is 2.40. The quantitative estimate of drug-likeness (QED) is 0.607. The molecule has 1 fully saturated rings. The van der Waals surface area contributed by atoms with E-state index in [0.717, 1.165) is 5.92 Å². The molecule has 0 radical (unpaired) electrons. The Hall–Kier alpha value is -0.490. The van der Waals surface area contributed by atoms with E-state index in [1.54, 1.807) is 0 Å². The van der Waals surface area contributed by atoms with Crippen molar-refractivity contribution in [2.75, 3.05) is 0 Å². The molecule has 12 heavy (non-hydrogen) atoms. The van der Waals surface area contributed by atoms with Crippen LogP contribution in [0.15, 0.2) is 24.3 Å². The first-order valence-corrected chi connectivity index (χ1v) is 4.95. The first-order valence-electron chi connectivity index (χ1n) is 4.51.